The number of rotatable bonds is 7. The summed E-state index contributed by atoms with van der Waals surface area (Å²) in [6.45, 7) is 8.16. The summed E-state index contributed by atoms with van der Waals surface area (Å²) in [6, 6.07) is 12.2. The minimum absolute atomic E-state index is 0.664. The van der Waals surface area contributed by atoms with Crippen molar-refractivity contribution < 1.29 is 0 Å². The quantitative estimate of drug-likeness (QED) is 0.813. The van der Waals surface area contributed by atoms with Crippen LogP contribution in [0.3, 0.4) is 0 Å². The Morgan fingerprint density at radius 1 is 1.30 bits per heavy atom. The van der Waals surface area contributed by atoms with Gasteiger partial charge in [-0.1, -0.05) is 50.1 Å². The van der Waals surface area contributed by atoms with Crippen LogP contribution in [0.15, 0.2) is 30.3 Å². The predicted octanol–water partition coefficient (Wildman–Crippen LogP) is 3.82. The van der Waals surface area contributed by atoms with Crippen molar-refractivity contribution in [3.05, 3.63) is 35.9 Å². The van der Waals surface area contributed by atoms with Crippen LogP contribution >= 0.6 is 0 Å². The number of piperidine rings is 1. The molecular formula is C18H30N2. The number of unbranched alkanes of at least 4 members (excludes halogenated alkanes) is 1. The van der Waals surface area contributed by atoms with Crippen LogP contribution in [0.5, 0.6) is 0 Å². The summed E-state index contributed by atoms with van der Waals surface area (Å²) in [5.41, 5.74) is 1.44. The summed E-state index contributed by atoms with van der Waals surface area (Å²) in [4.78, 5) is 2.60. The van der Waals surface area contributed by atoms with Gasteiger partial charge in [0.15, 0.2) is 0 Å². The molecule has 2 heteroatoms. The number of likely N-dealkylation sites (tertiary alicyclic amines) is 1. The fourth-order valence-corrected chi connectivity index (χ4v) is 3.17. The molecule has 2 rings (SSSR count). The highest BCUT2D eigenvalue weighted by molar-refractivity contribution is 5.14. The Morgan fingerprint density at radius 2 is 2.10 bits per heavy atom. The Kier molecular flexibility index (Phi) is 6.55. The molecule has 1 aromatic rings. The van der Waals surface area contributed by atoms with Gasteiger partial charge in [0.05, 0.1) is 0 Å². The highest BCUT2D eigenvalue weighted by atomic mass is 15.2. The second-order valence-corrected chi connectivity index (χ2v) is 6.27. The summed E-state index contributed by atoms with van der Waals surface area (Å²) in [6.07, 6.45) is 6.61. The Bertz CT molecular complexity index is 363. The number of nitrogens with zero attached hydrogens (tertiary/aromatic N) is 1. The Balaban J connectivity index is 1.76. The van der Waals surface area contributed by atoms with E-state index < -0.39 is 0 Å². The van der Waals surface area contributed by atoms with Gasteiger partial charge >= 0.3 is 0 Å². The average molecular weight is 274 g/mol. The summed E-state index contributed by atoms with van der Waals surface area (Å²) in [5.74, 6) is 0. The van der Waals surface area contributed by atoms with Crippen LogP contribution in [-0.2, 0) is 6.54 Å². The lowest BCUT2D eigenvalue weighted by Gasteiger charge is -2.35. The van der Waals surface area contributed by atoms with E-state index in [2.05, 4.69) is 54.4 Å². The van der Waals surface area contributed by atoms with Crippen molar-refractivity contribution in [2.45, 2.75) is 64.6 Å². The second-order valence-electron chi connectivity index (χ2n) is 6.27. The van der Waals surface area contributed by atoms with E-state index in [1.165, 1.54) is 50.8 Å². The first-order chi connectivity index (χ1) is 9.78. The van der Waals surface area contributed by atoms with E-state index in [-0.39, 0.29) is 0 Å². The van der Waals surface area contributed by atoms with Gasteiger partial charge in [0.25, 0.3) is 0 Å². The van der Waals surface area contributed by atoms with Gasteiger partial charge in [0, 0.05) is 25.2 Å². The van der Waals surface area contributed by atoms with E-state index in [9.17, 15) is 0 Å². The SMILES string of the molecule is CCCCC(C)NC1CCCN(Cc2ccccc2)C1. The maximum absolute atomic E-state index is 3.83. The molecule has 0 aliphatic carbocycles. The number of nitrogens with one attached hydrogen (secondary N) is 1. The van der Waals surface area contributed by atoms with Gasteiger partial charge in [0.2, 0.25) is 0 Å². The molecule has 1 N–H and O–H groups in total. The molecule has 2 nitrogen and oxygen atoms in total. The third kappa shape index (κ3) is 5.26. The zero-order valence-electron chi connectivity index (χ0n) is 13.1. The lowest BCUT2D eigenvalue weighted by molar-refractivity contribution is 0.175. The van der Waals surface area contributed by atoms with E-state index in [4.69, 9.17) is 0 Å². The molecule has 2 atom stereocenters. The monoisotopic (exact) mass is 274 g/mol. The first-order valence-electron chi connectivity index (χ1n) is 8.30. The largest absolute Gasteiger partial charge is 0.310 e. The molecule has 0 radical (unpaired) electrons. The fourth-order valence-electron chi connectivity index (χ4n) is 3.17. The van der Waals surface area contributed by atoms with E-state index in [0.29, 0.717) is 12.1 Å². The van der Waals surface area contributed by atoms with Crippen molar-refractivity contribution in [1.29, 1.82) is 0 Å². The highest BCUT2D eigenvalue weighted by Crippen LogP contribution is 2.15. The normalized spacial score (nSPS) is 21.8. The molecule has 0 bridgehead atoms. The van der Waals surface area contributed by atoms with E-state index >= 15 is 0 Å². The van der Waals surface area contributed by atoms with Gasteiger partial charge in [-0.3, -0.25) is 4.90 Å². The summed E-state index contributed by atoms with van der Waals surface area (Å²) >= 11 is 0. The molecule has 0 amide bonds. The molecule has 1 aromatic carbocycles. The minimum atomic E-state index is 0.664. The van der Waals surface area contributed by atoms with Crippen LogP contribution in [0.1, 0.15) is 51.5 Å². The van der Waals surface area contributed by atoms with E-state index in [1.54, 1.807) is 0 Å². The van der Waals surface area contributed by atoms with Gasteiger partial charge < -0.3 is 5.32 Å². The Morgan fingerprint density at radius 3 is 2.85 bits per heavy atom. The third-order valence-electron chi connectivity index (χ3n) is 4.27. The van der Waals surface area contributed by atoms with Crippen molar-refractivity contribution in [1.82, 2.24) is 10.2 Å². The van der Waals surface area contributed by atoms with Crippen LogP contribution in [0, 0.1) is 0 Å². The zero-order valence-corrected chi connectivity index (χ0v) is 13.1. The predicted molar refractivity (Wildman–Crippen MR) is 86.9 cm³/mol. The second kappa shape index (κ2) is 8.43. The molecule has 0 spiro atoms. The molecule has 112 valence electrons. The zero-order chi connectivity index (χ0) is 14.2. The van der Waals surface area contributed by atoms with Crippen molar-refractivity contribution in [2.24, 2.45) is 0 Å². The third-order valence-corrected chi connectivity index (χ3v) is 4.27. The topological polar surface area (TPSA) is 15.3 Å². The van der Waals surface area contributed by atoms with Crippen LogP contribution in [0.2, 0.25) is 0 Å². The molecular weight excluding hydrogens is 244 g/mol. The molecule has 1 heterocycles. The maximum Gasteiger partial charge on any atom is 0.0234 e. The van der Waals surface area contributed by atoms with E-state index in [0.717, 1.165) is 6.54 Å². The van der Waals surface area contributed by atoms with Gasteiger partial charge in [-0.05, 0) is 38.3 Å². The lowest BCUT2D eigenvalue weighted by Crippen LogP contribution is -2.48. The van der Waals surface area contributed by atoms with Crippen molar-refractivity contribution in [3.63, 3.8) is 0 Å². The first-order valence-corrected chi connectivity index (χ1v) is 8.30. The van der Waals surface area contributed by atoms with Gasteiger partial charge in [-0.15, -0.1) is 0 Å². The standard InChI is InChI=1S/C18H30N2/c1-3-4-9-16(2)19-18-12-8-13-20(15-18)14-17-10-6-5-7-11-17/h5-7,10-11,16,18-19H,3-4,8-9,12-15H2,1-2H3. The molecule has 2 unspecified atom stereocenters. The maximum atomic E-state index is 3.83. The lowest BCUT2D eigenvalue weighted by atomic mass is 10.0. The van der Waals surface area contributed by atoms with Crippen LogP contribution in [-0.4, -0.2) is 30.1 Å². The average Bonchev–Trinajstić information content (AvgIpc) is 2.46. The molecule has 1 aliphatic heterocycles. The molecule has 1 fully saturated rings. The summed E-state index contributed by atoms with van der Waals surface area (Å²) < 4.78 is 0. The smallest absolute Gasteiger partial charge is 0.0234 e. The number of benzene rings is 1. The molecule has 0 saturated carbocycles. The molecule has 20 heavy (non-hydrogen) atoms. The first kappa shape index (κ1) is 15.5. The van der Waals surface area contributed by atoms with Crippen LogP contribution in [0.25, 0.3) is 0 Å². The van der Waals surface area contributed by atoms with Gasteiger partial charge in [-0.2, -0.15) is 0 Å². The van der Waals surface area contributed by atoms with Crippen LogP contribution in [0.4, 0.5) is 0 Å². The van der Waals surface area contributed by atoms with Crippen molar-refractivity contribution in [2.75, 3.05) is 13.1 Å². The number of hydrogen-bond donors (Lipinski definition) is 1. The summed E-state index contributed by atoms with van der Waals surface area (Å²) in [5, 5.41) is 3.83. The van der Waals surface area contributed by atoms with Gasteiger partial charge in [0.1, 0.15) is 0 Å². The Labute approximate surface area is 124 Å². The molecule has 0 aromatic heterocycles. The van der Waals surface area contributed by atoms with E-state index in [1.807, 2.05) is 0 Å². The van der Waals surface area contributed by atoms with Crippen molar-refractivity contribution >= 4 is 0 Å². The van der Waals surface area contributed by atoms with Crippen molar-refractivity contribution in [3.8, 4) is 0 Å². The minimum Gasteiger partial charge on any atom is -0.310 e. The molecule has 1 aliphatic rings. The van der Waals surface area contributed by atoms with Crippen LogP contribution < -0.4 is 5.32 Å². The Hall–Kier alpha value is -0.860. The van der Waals surface area contributed by atoms with Gasteiger partial charge in [-0.25, -0.2) is 0 Å². The highest BCUT2D eigenvalue weighted by Gasteiger charge is 2.20. The summed E-state index contributed by atoms with van der Waals surface area (Å²) in [7, 11) is 0. The fraction of sp³-hybridized carbons (Fsp3) is 0.667. The molecule has 1 saturated heterocycles. The number of hydrogen-bond acceptors (Lipinski definition) is 2.